The van der Waals surface area contributed by atoms with Gasteiger partial charge in [0.2, 0.25) is 0 Å². The van der Waals surface area contributed by atoms with Crippen LogP contribution in [-0.2, 0) is 0 Å². The van der Waals surface area contributed by atoms with E-state index in [9.17, 15) is 4.79 Å². The molecular formula is C14H15NO. The van der Waals surface area contributed by atoms with E-state index in [4.69, 9.17) is 0 Å². The molecule has 0 bridgehead atoms. The average Bonchev–Trinajstić information content (AvgIpc) is 2.30. The molecule has 0 spiro atoms. The lowest BCUT2D eigenvalue weighted by atomic mass is 10.1. The van der Waals surface area contributed by atoms with Gasteiger partial charge in [-0.25, -0.2) is 0 Å². The lowest BCUT2D eigenvalue weighted by Crippen LogP contribution is -1.92. The maximum absolute atomic E-state index is 11.2. The molecule has 1 aromatic carbocycles. The van der Waals surface area contributed by atoms with E-state index < -0.39 is 0 Å². The predicted molar refractivity (Wildman–Crippen MR) is 66.4 cm³/mol. The highest BCUT2D eigenvalue weighted by atomic mass is 16.1. The molecule has 0 saturated carbocycles. The van der Waals surface area contributed by atoms with Gasteiger partial charge in [-0.05, 0) is 25.1 Å². The third-order valence-electron chi connectivity index (χ3n) is 2.23. The fraction of sp³-hybridized carbons (Fsp3) is 0.143. The fourth-order valence-electron chi connectivity index (χ4n) is 1.43. The summed E-state index contributed by atoms with van der Waals surface area (Å²) in [6.07, 6.45) is 1.75. The minimum absolute atomic E-state index is 0. The number of carbonyl (C=O) groups excluding carboxylic acids is 1. The van der Waals surface area contributed by atoms with Crippen LogP contribution >= 0.6 is 0 Å². The zero-order chi connectivity index (χ0) is 10.7. The number of Topliss-reactive ketones (excluding diaryl/α,β-unsaturated/α-hetero) is 1. The highest BCUT2D eigenvalue weighted by molar-refractivity contribution is 5.95. The smallest absolute Gasteiger partial charge is 0.159 e. The SMILES string of the molecule is C.CC(=O)c1cccc(-c2ccccn2)c1. The molecule has 2 heteroatoms. The summed E-state index contributed by atoms with van der Waals surface area (Å²) in [7, 11) is 0. The van der Waals surface area contributed by atoms with Crippen molar-refractivity contribution in [1.82, 2.24) is 4.98 Å². The van der Waals surface area contributed by atoms with Crippen LogP contribution in [0.1, 0.15) is 24.7 Å². The van der Waals surface area contributed by atoms with E-state index in [0.29, 0.717) is 0 Å². The van der Waals surface area contributed by atoms with Crippen LogP contribution in [0.15, 0.2) is 48.7 Å². The molecule has 0 aliphatic rings. The molecule has 0 radical (unpaired) electrons. The highest BCUT2D eigenvalue weighted by Gasteiger charge is 2.02. The summed E-state index contributed by atoms with van der Waals surface area (Å²) >= 11 is 0. The van der Waals surface area contributed by atoms with Gasteiger partial charge < -0.3 is 0 Å². The Morgan fingerprint density at radius 2 is 1.94 bits per heavy atom. The summed E-state index contributed by atoms with van der Waals surface area (Å²) in [5, 5.41) is 0. The Kier molecular flexibility index (Phi) is 3.95. The van der Waals surface area contributed by atoms with Crippen molar-refractivity contribution in [3.8, 4) is 11.3 Å². The normalized spacial score (nSPS) is 9.31. The second-order valence-electron chi connectivity index (χ2n) is 3.35. The van der Waals surface area contributed by atoms with Crippen molar-refractivity contribution in [2.75, 3.05) is 0 Å². The number of ketones is 1. The molecule has 0 aliphatic carbocycles. The van der Waals surface area contributed by atoms with Crippen LogP contribution in [0.5, 0.6) is 0 Å². The predicted octanol–water partition coefficient (Wildman–Crippen LogP) is 3.59. The Hall–Kier alpha value is -1.96. The molecule has 82 valence electrons. The average molecular weight is 213 g/mol. The molecule has 2 rings (SSSR count). The summed E-state index contributed by atoms with van der Waals surface area (Å²) in [5.74, 6) is 0.0766. The number of hydrogen-bond acceptors (Lipinski definition) is 2. The van der Waals surface area contributed by atoms with Crippen LogP contribution in [0.3, 0.4) is 0 Å². The molecule has 0 unspecified atom stereocenters. The zero-order valence-electron chi connectivity index (χ0n) is 8.47. The van der Waals surface area contributed by atoms with E-state index in [1.807, 2.05) is 42.5 Å². The minimum atomic E-state index is 0. The Morgan fingerprint density at radius 3 is 2.56 bits per heavy atom. The topological polar surface area (TPSA) is 30.0 Å². The number of benzene rings is 1. The van der Waals surface area contributed by atoms with Gasteiger partial charge in [-0.2, -0.15) is 0 Å². The van der Waals surface area contributed by atoms with Crippen LogP contribution in [0.4, 0.5) is 0 Å². The van der Waals surface area contributed by atoms with E-state index in [-0.39, 0.29) is 13.2 Å². The molecule has 0 N–H and O–H groups in total. The lowest BCUT2D eigenvalue weighted by molar-refractivity contribution is 0.101. The summed E-state index contributed by atoms with van der Waals surface area (Å²) < 4.78 is 0. The number of aromatic nitrogens is 1. The van der Waals surface area contributed by atoms with Crippen molar-refractivity contribution in [2.45, 2.75) is 14.4 Å². The molecule has 1 heterocycles. The maximum Gasteiger partial charge on any atom is 0.159 e. The molecule has 1 aromatic heterocycles. The molecule has 16 heavy (non-hydrogen) atoms. The minimum Gasteiger partial charge on any atom is -0.295 e. The molecule has 2 nitrogen and oxygen atoms in total. The first-order valence-corrected chi connectivity index (χ1v) is 4.80. The van der Waals surface area contributed by atoms with Crippen molar-refractivity contribution >= 4 is 5.78 Å². The first-order chi connectivity index (χ1) is 7.27. The van der Waals surface area contributed by atoms with Gasteiger partial charge in [0.1, 0.15) is 0 Å². The van der Waals surface area contributed by atoms with Gasteiger partial charge in [0.05, 0.1) is 5.69 Å². The Balaban J connectivity index is 0.00000128. The van der Waals surface area contributed by atoms with Gasteiger partial charge in [-0.1, -0.05) is 31.7 Å². The number of carbonyl (C=O) groups is 1. The molecule has 0 amide bonds. The third-order valence-corrected chi connectivity index (χ3v) is 2.23. The highest BCUT2D eigenvalue weighted by Crippen LogP contribution is 2.17. The zero-order valence-corrected chi connectivity index (χ0v) is 8.47. The van der Waals surface area contributed by atoms with Crippen LogP contribution in [0, 0.1) is 0 Å². The Bertz CT molecular complexity index is 477. The van der Waals surface area contributed by atoms with E-state index in [2.05, 4.69) is 4.98 Å². The quantitative estimate of drug-likeness (QED) is 0.713. The number of pyridine rings is 1. The van der Waals surface area contributed by atoms with Crippen LogP contribution < -0.4 is 0 Å². The van der Waals surface area contributed by atoms with E-state index in [1.165, 1.54) is 0 Å². The van der Waals surface area contributed by atoms with Gasteiger partial charge in [0.15, 0.2) is 5.78 Å². The van der Waals surface area contributed by atoms with Crippen LogP contribution in [-0.4, -0.2) is 10.8 Å². The van der Waals surface area contributed by atoms with E-state index in [0.717, 1.165) is 16.8 Å². The van der Waals surface area contributed by atoms with E-state index >= 15 is 0 Å². The summed E-state index contributed by atoms with van der Waals surface area (Å²) in [6, 6.07) is 13.2. The maximum atomic E-state index is 11.2. The Labute approximate surface area is 96.0 Å². The van der Waals surface area contributed by atoms with Crippen LogP contribution in [0.25, 0.3) is 11.3 Å². The van der Waals surface area contributed by atoms with Gasteiger partial charge in [0, 0.05) is 17.3 Å². The van der Waals surface area contributed by atoms with Gasteiger partial charge >= 0.3 is 0 Å². The summed E-state index contributed by atoms with van der Waals surface area (Å²) in [6.45, 7) is 1.57. The second kappa shape index (κ2) is 5.21. The first kappa shape index (κ1) is 12.1. The fourth-order valence-corrected chi connectivity index (χ4v) is 1.43. The Morgan fingerprint density at radius 1 is 1.12 bits per heavy atom. The summed E-state index contributed by atoms with van der Waals surface area (Å²) in [5.41, 5.74) is 2.59. The van der Waals surface area contributed by atoms with Gasteiger partial charge in [-0.15, -0.1) is 0 Å². The number of nitrogens with zero attached hydrogens (tertiary/aromatic N) is 1. The molecule has 0 aliphatic heterocycles. The van der Waals surface area contributed by atoms with Gasteiger partial charge in [-0.3, -0.25) is 9.78 Å². The molecular weight excluding hydrogens is 198 g/mol. The molecule has 0 saturated heterocycles. The van der Waals surface area contributed by atoms with Crippen molar-refractivity contribution in [3.63, 3.8) is 0 Å². The van der Waals surface area contributed by atoms with Gasteiger partial charge in [0.25, 0.3) is 0 Å². The lowest BCUT2D eigenvalue weighted by Gasteiger charge is -2.01. The third kappa shape index (κ3) is 2.54. The number of hydrogen-bond donors (Lipinski definition) is 0. The largest absolute Gasteiger partial charge is 0.295 e. The van der Waals surface area contributed by atoms with Crippen molar-refractivity contribution < 1.29 is 4.79 Å². The second-order valence-corrected chi connectivity index (χ2v) is 3.35. The molecule has 0 fully saturated rings. The standard InChI is InChI=1S/C13H11NO.CH4/c1-10(15)11-5-4-6-12(9-11)13-7-2-3-8-14-13;/h2-9H,1H3;1H4. The summed E-state index contributed by atoms with van der Waals surface area (Å²) in [4.78, 5) is 15.4. The monoisotopic (exact) mass is 213 g/mol. The van der Waals surface area contributed by atoms with Crippen LogP contribution in [0.2, 0.25) is 0 Å². The molecule has 0 atom stereocenters. The molecule has 2 aromatic rings. The van der Waals surface area contributed by atoms with Crippen molar-refractivity contribution in [3.05, 3.63) is 54.2 Å². The van der Waals surface area contributed by atoms with Crippen molar-refractivity contribution in [2.24, 2.45) is 0 Å². The van der Waals surface area contributed by atoms with Crippen molar-refractivity contribution in [1.29, 1.82) is 0 Å². The number of rotatable bonds is 2. The van der Waals surface area contributed by atoms with E-state index in [1.54, 1.807) is 13.1 Å². The first-order valence-electron chi connectivity index (χ1n) is 4.80.